The molecular weight excluding hydrogens is 428 g/mol. The molecule has 9 heteroatoms. The van der Waals surface area contributed by atoms with Crippen LogP contribution in [-0.4, -0.2) is 60.1 Å². The lowest BCUT2D eigenvalue weighted by molar-refractivity contribution is -0.385. The maximum Gasteiger partial charge on any atom is 0.273 e. The van der Waals surface area contributed by atoms with Crippen LogP contribution in [0.1, 0.15) is 27.0 Å². The quantitative estimate of drug-likeness (QED) is 0.411. The zero-order chi connectivity index (χ0) is 22.8. The van der Waals surface area contributed by atoms with Crippen molar-refractivity contribution in [1.82, 2.24) is 9.88 Å². The molecule has 1 aliphatic rings. The molecule has 1 aromatic heterocycles. The van der Waals surface area contributed by atoms with E-state index in [9.17, 15) is 14.9 Å². The van der Waals surface area contributed by atoms with Crippen molar-refractivity contribution in [2.75, 3.05) is 44.3 Å². The van der Waals surface area contributed by atoms with Crippen LogP contribution in [0.3, 0.4) is 0 Å². The van der Waals surface area contributed by atoms with Crippen LogP contribution in [0.15, 0.2) is 30.3 Å². The van der Waals surface area contributed by atoms with Crippen LogP contribution >= 0.6 is 11.3 Å². The number of morpholine rings is 1. The second-order valence-corrected chi connectivity index (χ2v) is 8.98. The maximum absolute atomic E-state index is 13.7. The number of hydrogen-bond donors (Lipinski definition) is 0. The molecule has 168 valence electrons. The number of ether oxygens (including phenoxy) is 1. The summed E-state index contributed by atoms with van der Waals surface area (Å²) in [5.41, 5.74) is 3.78. The fourth-order valence-electron chi connectivity index (χ4n) is 3.88. The first-order chi connectivity index (χ1) is 15.4. The molecule has 2 aromatic carbocycles. The standard InChI is InChI=1S/C23H26N4O4S/c1-15-7-8-20-21(16(15)2)24-23(32-20)26(10-9-25-11-13-31-14-12-25)22(28)18-5-4-6-19(17(18)3)27(29)30/h4-8H,9-14H2,1-3H3. The molecule has 0 N–H and O–H groups in total. The van der Waals surface area contributed by atoms with Gasteiger partial charge in [-0.25, -0.2) is 4.98 Å². The number of carbonyl (C=O) groups is 1. The lowest BCUT2D eigenvalue weighted by Gasteiger charge is -2.29. The molecule has 8 nitrogen and oxygen atoms in total. The molecule has 4 rings (SSSR count). The predicted molar refractivity (Wildman–Crippen MR) is 126 cm³/mol. The number of carbonyl (C=O) groups excluding carboxylic acids is 1. The van der Waals surface area contributed by atoms with Gasteiger partial charge < -0.3 is 4.74 Å². The molecule has 0 bridgehead atoms. The van der Waals surface area contributed by atoms with Gasteiger partial charge in [0, 0.05) is 43.4 Å². The summed E-state index contributed by atoms with van der Waals surface area (Å²) in [4.78, 5) is 33.4. The minimum Gasteiger partial charge on any atom is -0.379 e. The second kappa shape index (κ2) is 9.32. The number of nitro groups is 1. The van der Waals surface area contributed by atoms with Crippen molar-refractivity contribution >= 4 is 38.3 Å². The molecule has 1 saturated heterocycles. The fraction of sp³-hybridized carbons (Fsp3) is 0.391. The molecule has 32 heavy (non-hydrogen) atoms. The highest BCUT2D eigenvalue weighted by molar-refractivity contribution is 7.22. The minimum absolute atomic E-state index is 0.0558. The van der Waals surface area contributed by atoms with Crippen molar-refractivity contribution in [3.63, 3.8) is 0 Å². The number of fused-ring (bicyclic) bond motifs is 1. The lowest BCUT2D eigenvalue weighted by Crippen LogP contribution is -2.43. The first-order valence-corrected chi connectivity index (χ1v) is 11.4. The highest BCUT2D eigenvalue weighted by Crippen LogP contribution is 2.33. The number of anilines is 1. The Bertz CT molecular complexity index is 1170. The van der Waals surface area contributed by atoms with Crippen LogP contribution in [0.4, 0.5) is 10.8 Å². The van der Waals surface area contributed by atoms with Gasteiger partial charge in [-0.1, -0.05) is 23.5 Å². The summed E-state index contributed by atoms with van der Waals surface area (Å²) in [5, 5.41) is 12.0. The van der Waals surface area contributed by atoms with E-state index in [0.717, 1.165) is 34.4 Å². The Labute approximate surface area is 190 Å². The molecule has 2 heterocycles. The summed E-state index contributed by atoms with van der Waals surface area (Å²) in [6.07, 6.45) is 0. The summed E-state index contributed by atoms with van der Waals surface area (Å²) < 4.78 is 6.44. The zero-order valence-electron chi connectivity index (χ0n) is 18.5. The van der Waals surface area contributed by atoms with Crippen LogP contribution in [0.2, 0.25) is 0 Å². The van der Waals surface area contributed by atoms with Crippen LogP contribution in [0.5, 0.6) is 0 Å². The highest BCUT2D eigenvalue weighted by atomic mass is 32.1. The third kappa shape index (κ3) is 4.36. The number of rotatable bonds is 6. The Morgan fingerprint density at radius 1 is 1.19 bits per heavy atom. The third-order valence-corrected chi connectivity index (χ3v) is 7.07. The first kappa shape index (κ1) is 22.3. The van der Waals surface area contributed by atoms with Crippen molar-refractivity contribution in [3.05, 3.63) is 62.7 Å². The van der Waals surface area contributed by atoms with Crippen molar-refractivity contribution in [2.24, 2.45) is 0 Å². The van der Waals surface area contributed by atoms with Gasteiger partial charge in [0.05, 0.1) is 28.4 Å². The average Bonchev–Trinajstić information content (AvgIpc) is 3.22. The van der Waals surface area contributed by atoms with Gasteiger partial charge in [0.25, 0.3) is 11.6 Å². The molecule has 0 spiro atoms. The SMILES string of the molecule is Cc1ccc2sc(N(CCN3CCOCC3)C(=O)c3cccc([N+](=O)[O-])c3C)nc2c1C. The molecule has 1 fully saturated rings. The minimum atomic E-state index is -0.450. The first-order valence-electron chi connectivity index (χ1n) is 10.6. The van der Waals surface area contributed by atoms with E-state index in [1.807, 2.05) is 19.9 Å². The summed E-state index contributed by atoms with van der Waals surface area (Å²) in [5.74, 6) is -0.270. The molecule has 0 unspecified atom stereocenters. The number of nitro benzene ring substituents is 1. The monoisotopic (exact) mass is 454 g/mol. The Hall–Kier alpha value is -2.88. The van der Waals surface area contributed by atoms with E-state index >= 15 is 0 Å². The zero-order valence-corrected chi connectivity index (χ0v) is 19.3. The van der Waals surface area contributed by atoms with Gasteiger partial charge in [-0.2, -0.15) is 0 Å². The Kier molecular flexibility index (Phi) is 6.50. The molecule has 1 amide bonds. The normalized spacial score (nSPS) is 14.6. The van der Waals surface area contributed by atoms with Gasteiger partial charge in [0.1, 0.15) is 0 Å². The van der Waals surface area contributed by atoms with Gasteiger partial charge in [-0.15, -0.1) is 0 Å². The number of aromatic nitrogens is 1. The molecule has 0 radical (unpaired) electrons. The van der Waals surface area contributed by atoms with Crippen molar-refractivity contribution in [2.45, 2.75) is 20.8 Å². The van der Waals surface area contributed by atoms with Crippen LogP contribution in [-0.2, 0) is 4.74 Å². The average molecular weight is 455 g/mol. The summed E-state index contributed by atoms with van der Waals surface area (Å²) in [6.45, 7) is 9.81. The van der Waals surface area contributed by atoms with E-state index in [4.69, 9.17) is 9.72 Å². The topological polar surface area (TPSA) is 88.8 Å². The van der Waals surface area contributed by atoms with E-state index in [1.165, 1.54) is 17.4 Å². The number of amides is 1. The number of thiazole rings is 1. The van der Waals surface area contributed by atoms with Crippen molar-refractivity contribution in [3.8, 4) is 0 Å². The molecule has 0 saturated carbocycles. The largest absolute Gasteiger partial charge is 0.379 e. The van der Waals surface area contributed by atoms with Crippen LogP contribution in [0.25, 0.3) is 10.2 Å². The lowest BCUT2D eigenvalue weighted by atomic mass is 10.1. The van der Waals surface area contributed by atoms with Gasteiger partial charge in [0.15, 0.2) is 5.13 Å². The van der Waals surface area contributed by atoms with Gasteiger partial charge in [0.2, 0.25) is 0 Å². The molecule has 1 aliphatic heterocycles. The van der Waals surface area contributed by atoms with Crippen molar-refractivity contribution < 1.29 is 14.5 Å². The summed E-state index contributed by atoms with van der Waals surface area (Å²) in [6, 6.07) is 8.72. The number of aryl methyl sites for hydroxylation is 2. The van der Waals surface area contributed by atoms with E-state index in [0.29, 0.717) is 42.6 Å². The Balaban J connectivity index is 1.72. The van der Waals surface area contributed by atoms with E-state index in [2.05, 4.69) is 11.0 Å². The van der Waals surface area contributed by atoms with Crippen molar-refractivity contribution in [1.29, 1.82) is 0 Å². The smallest absolute Gasteiger partial charge is 0.273 e. The molecule has 3 aromatic rings. The third-order valence-electron chi connectivity index (χ3n) is 6.03. The second-order valence-electron chi connectivity index (χ2n) is 7.97. The molecule has 0 atom stereocenters. The number of benzene rings is 2. The fourth-order valence-corrected chi connectivity index (χ4v) is 4.93. The number of nitrogens with zero attached hydrogens (tertiary/aromatic N) is 4. The number of hydrogen-bond acceptors (Lipinski definition) is 7. The summed E-state index contributed by atoms with van der Waals surface area (Å²) >= 11 is 1.47. The maximum atomic E-state index is 13.7. The molecular formula is C23H26N4O4S. The van der Waals surface area contributed by atoms with E-state index in [-0.39, 0.29) is 11.6 Å². The Morgan fingerprint density at radius 2 is 1.94 bits per heavy atom. The molecule has 0 aliphatic carbocycles. The van der Waals surface area contributed by atoms with E-state index < -0.39 is 4.92 Å². The van der Waals surface area contributed by atoms with Gasteiger partial charge in [-0.05, 0) is 44.0 Å². The van der Waals surface area contributed by atoms with Gasteiger partial charge >= 0.3 is 0 Å². The summed E-state index contributed by atoms with van der Waals surface area (Å²) in [7, 11) is 0. The Morgan fingerprint density at radius 3 is 2.66 bits per heavy atom. The van der Waals surface area contributed by atoms with Crippen LogP contribution in [0, 0.1) is 30.9 Å². The predicted octanol–water partition coefficient (Wildman–Crippen LogP) is 4.11. The van der Waals surface area contributed by atoms with Gasteiger partial charge in [-0.3, -0.25) is 24.7 Å². The van der Waals surface area contributed by atoms with E-state index in [1.54, 1.807) is 24.0 Å². The highest BCUT2D eigenvalue weighted by Gasteiger charge is 2.26. The van der Waals surface area contributed by atoms with Crippen LogP contribution < -0.4 is 4.90 Å².